The third-order valence-electron chi connectivity index (χ3n) is 2.30. The van der Waals surface area contributed by atoms with Crippen LogP contribution in [0.4, 0.5) is 11.4 Å². The van der Waals surface area contributed by atoms with Gasteiger partial charge in [-0.1, -0.05) is 11.6 Å². The Hall–Kier alpha value is -2.74. The second kappa shape index (κ2) is 5.49. The highest BCUT2D eigenvalue weighted by Crippen LogP contribution is 2.28. The van der Waals surface area contributed by atoms with Crippen molar-refractivity contribution in [1.82, 2.24) is 10.2 Å². The zero-order chi connectivity index (χ0) is 14.7. The molecular weight excluding hydrogens is 288 g/mol. The molecule has 2 N–H and O–H groups in total. The van der Waals surface area contributed by atoms with E-state index in [-0.39, 0.29) is 22.2 Å². The number of phenols is 1. The van der Waals surface area contributed by atoms with Gasteiger partial charge in [0.05, 0.1) is 16.7 Å². The number of amides is 1. The minimum Gasteiger partial charge on any atom is -0.506 e. The Kier molecular flexibility index (Phi) is 3.76. The van der Waals surface area contributed by atoms with Crippen LogP contribution >= 0.6 is 11.6 Å². The van der Waals surface area contributed by atoms with Gasteiger partial charge in [-0.05, 0) is 18.2 Å². The summed E-state index contributed by atoms with van der Waals surface area (Å²) in [4.78, 5) is 21.7. The smallest absolute Gasteiger partial charge is 0.276 e. The first-order valence-corrected chi connectivity index (χ1v) is 5.63. The summed E-state index contributed by atoms with van der Waals surface area (Å²) in [6, 6.07) is 6.05. The van der Waals surface area contributed by atoms with Crippen LogP contribution in [-0.2, 0) is 0 Å². The maximum atomic E-state index is 11.8. The fourth-order valence-electron chi connectivity index (χ4n) is 1.36. The van der Waals surface area contributed by atoms with Gasteiger partial charge < -0.3 is 10.4 Å². The predicted octanol–water partition coefficient (Wildman–Crippen LogP) is 2.00. The lowest BCUT2D eigenvalue weighted by Crippen LogP contribution is -2.14. The largest absolute Gasteiger partial charge is 0.506 e. The highest BCUT2D eigenvalue weighted by Gasteiger charge is 2.14. The molecule has 0 radical (unpaired) electrons. The summed E-state index contributed by atoms with van der Waals surface area (Å²) < 4.78 is 0. The SMILES string of the molecule is O=C(Nc1ccc([N+](=O)[O-])cc1O)c1ccc(Cl)nn1. The first kappa shape index (κ1) is 13.7. The molecule has 9 heteroatoms. The fourth-order valence-corrected chi connectivity index (χ4v) is 1.46. The predicted molar refractivity (Wildman–Crippen MR) is 69.8 cm³/mol. The van der Waals surface area contributed by atoms with Crippen LogP contribution in [0.5, 0.6) is 5.75 Å². The van der Waals surface area contributed by atoms with Gasteiger partial charge in [0.15, 0.2) is 10.8 Å². The van der Waals surface area contributed by atoms with E-state index >= 15 is 0 Å². The van der Waals surface area contributed by atoms with Crippen molar-refractivity contribution in [3.05, 3.63) is 51.3 Å². The molecule has 2 rings (SSSR count). The lowest BCUT2D eigenvalue weighted by molar-refractivity contribution is -0.384. The average Bonchev–Trinajstić information content (AvgIpc) is 2.41. The van der Waals surface area contributed by atoms with E-state index in [0.29, 0.717) is 0 Å². The summed E-state index contributed by atoms with van der Waals surface area (Å²) in [6.45, 7) is 0. The van der Waals surface area contributed by atoms with Crippen molar-refractivity contribution < 1.29 is 14.8 Å². The third-order valence-corrected chi connectivity index (χ3v) is 2.51. The van der Waals surface area contributed by atoms with Gasteiger partial charge in [0.1, 0.15) is 5.75 Å². The van der Waals surface area contributed by atoms with E-state index < -0.39 is 16.6 Å². The van der Waals surface area contributed by atoms with Crippen molar-refractivity contribution in [3.8, 4) is 5.75 Å². The van der Waals surface area contributed by atoms with Crippen molar-refractivity contribution in [1.29, 1.82) is 0 Å². The van der Waals surface area contributed by atoms with E-state index in [9.17, 15) is 20.0 Å². The number of halogens is 1. The number of hydrogen-bond acceptors (Lipinski definition) is 6. The third kappa shape index (κ3) is 2.98. The Labute approximate surface area is 117 Å². The van der Waals surface area contributed by atoms with Crippen LogP contribution in [0.25, 0.3) is 0 Å². The number of nitrogens with one attached hydrogen (secondary N) is 1. The van der Waals surface area contributed by atoms with Crippen LogP contribution in [-0.4, -0.2) is 26.1 Å². The zero-order valence-electron chi connectivity index (χ0n) is 9.78. The molecule has 0 saturated heterocycles. The Morgan fingerprint density at radius 3 is 2.60 bits per heavy atom. The molecule has 0 spiro atoms. The number of carbonyl (C=O) groups is 1. The Morgan fingerprint density at radius 1 is 1.30 bits per heavy atom. The number of aromatic hydroxyl groups is 1. The van der Waals surface area contributed by atoms with Crippen LogP contribution in [0.15, 0.2) is 30.3 Å². The molecule has 8 nitrogen and oxygen atoms in total. The summed E-state index contributed by atoms with van der Waals surface area (Å²) in [5.41, 5.74) is -0.267. The number of carbonyl (C=O) groups excluding carboxylic acids is 1. The van der Waals surface area contributed by atoms with Crippen LogP contribution in [0.2, 0.25) is 5.15 Å². The van der Waals surface area contributed by atoms with E-state index in [0.717, 1.165) is 12.1 Å². The lowest BCUT2D eigenvalue weighted by atomic mass is 10.2. The van der Waals surface area contributed by atoms with Crippen molar-refractivity contribution in [2.24, 2.45) is 0 Å². The normalized spacial score (nSPS) is 10.1. The number of nitro benzene ring substituents is 1. The van der Waals surface area contributed by atoms with Crippen molar-refractivity contribution >= 4 is 28.9 Å². The standard InChI is InChI=1S/C11H7ClN4O4/c12-10-4-3-8(14-15-10)11(18)13-7-2-1-6(16(19)20)5-9(7)17/h1-5,17H,(H,13,18). The van der Waals surface area contributed by atoms with Gasteiger partial charge in [-0.25, -0.2) is 0 Å². The van der Waals surface area contributed by atoms with Crippen LogP contribution in [0, 0.1) is 10.1 Å². The van der Waals surface area contributed by atoms with Gasteiger partial charge in [-0.3, -0.25) is 14.9 Å². The Bertz CT molecular complexity index is 675. The van der Waals surface area contributed by atoms with E-state index in [1.807, 2.05) is 0 Å². The molecule has 1 aromatic carbocycles. The number of phenolic OH excluding ortho intramolecular Hbond substituents is 1. The van der Waals surface area contributed by atoms with Gasteiger partial charge in [0.25, 0.3) is 11.6 Å². The molecule has 0 unspecified atom stereocenters. The second-order valence-electron chi connectivity index (χ2n) is 3.65. The Balaban J connectivity index is 2.19. The average molecular weight is 295 g/mol. The molecule has 0 aliphatic carbocycles. The molecule has 0 aliphatic heterocycles. The lowest BCUT2D eigenvalue weighted by Gasteiger charge is -2.06. The van der Waals surface area contributed by atoms with Crippen molar-refractivity contribution in [2.75, 3.05) is 5.32 Å². The monoisotopic (exact) mass is 294 g/mol. The first-order valence-electron chi connectivity index (χ1n) is 5.25. The van der Waals surface area contributed by atoms with E-state index in [2.05, 4.69) is 15.5 Å². The topological polar surface area (TPSA) is 118 Å². The minimum atomic E-state index is -0.657. The summed E-state index contributed by atoms with van der Waals surface area (Å²) in [5, 5.41) is 29.7. The van der Waals surface area contributed by atoms with Gasteiger partial charge >= 0.3 is 0 Å². The number of rotatable bonds is 3. The number of nitro groups is 1. The highest BCUT2D eigenvalue weighted by atomic mass is 35.5. The summed E-state index contributed by atoms with van der Waals surface area (Å²) >= 11 is 5.54. The molecule has 20 heavy (non-hydrogen) atoms. The summed E-state index contributed by atoms with van der Waals surface area (Å²) in [6.07, 6.45) is 0. The minimum absolute atomic E-state index is 0.00727. The highest BCUT2D eigenvalue weighted by molar-refractivity contribution is 6.29. The maximum Gasteiger partial charge on any atom is 0.276 e. The number of anilines is 1. The van der Waals surface area contributed by atoms with Crippen LogP contribution < -0.4 is 5.32 Å². The van der Waals surface area contributed by atoms with Gasteiger partial charge in [0, 0.05) is 6.07 Å². The maximum absolute atomic E-state index is 11.8. The van der Waals surface area contributed by atoms with E-state index in [4.69, 9.17) is 11.6 Å². The number of non-ortho nitro benzene ring substituents is 1. The fraction of sp³-hybridized carbons (Fsp3) is 0. The second-order valence-corrected chi connectivity index (χ2v) is 4.04. The number of aromatic nitrogens is 2. The number of benzene rings is 1. The van der Waals surface area contributed by atoms with Gasteiger partial charge in [-0.2, -0.15) is 0 Å². The number of hydrogen-bond donors (Lipinski definition) is 2. The van der Waals surface area contributed by atoms with Gasteiger partial charge in [-0.15, -0.1) is 10.2 Å². The quantitative estimate of drug-likeness (QED) is 0.507. The summed E-state index contributed by atoms with van der Waals surface area (Å²) in [5.74, 6) is -1.05. The van der Waals surface area contributed by atoms with Crippen LogP contribution in [0.1, 0.15) is 10.5 Å². The summed E-state index contributed by atoms with van der Waals surface area (Å²) in [7, 11) is 0. The molecule has 0 aliphatic rings. The van der Waals surface area contributed by atoms with Gasteiger partial charge in [0.2, 0.25) is 0 Å². The molecule has 102 valence electrons. The number of nitrogens with zero attached hydrogens (tertiary/aromatic N) is 3. The van der Waals surface area contributed by atoms with E-state index in [1.165, 1.54) is 18.2 Å². The molecule has 0 atom stereocenters. The molecule has 2 aromatic rings. The molecule has 1 aromatic heterocycles. The molecular formula is C11H7ClN4O4. The molecule has 0 saturated carbocycles. The first-order chi connectivity index (χ1) is 9.47. The molecule has 1 amide bonds. The zero-order valence-corrected chi connectivity index (χ0v) is 10.5. The molecule has 0 fully saturated rings. The van der Waals surface area contributed by atoms with Crippen LogP contribution in [0.3, 0.4) is 0 Å². The molecule has 0 bridgehead atoms. The van der Waals surface area contributed by atoms with E-state index in [1.54, 1.807) is 0 Å². The molecule has 1 heterocycles. The van der Waals surface area contributed by atoms with Crippen molar-refractivity contribution in [3.63, 3.8) is 0 Å². The van der Waals surface area contributed by atoms with Crippen molar-refractivity contribution in [2.45, 2.75) is 0 Å². The Morgan fingerprint density at radius 2 is 2.05 bits per heavy atom.